The topological polar surface area (TPSA) is 342 Å². The second-order valence-electron chi connectivity index (χ2n) is 42.6. The number of benzene rings is 3. The van der Waals surface area contributed by atoms with Gasteiger partial charge in [0, 0.05) is 99.9 Å². The molecular formula is C104H137FN9O20V3-3. The maximum absolute atomic E-state index is 16.9. The van der Waals surface area contributed by atoms with E-state index in [1.807, 2.05) is 111 Å². The summed E-state index contributed by atoms with van der Waals surface area (Å²) in [6.07, 6.45) is 24.3. The first kappa shape index (κ1) is 108. The standard InChI is InChI=1S/C36H48N3O7.C35H46N3O7.C33H43FN3O6.3V/c1-36(2,3)26-17-32(41)46-33-22-12-11-21(15-22)24(33)9-7-6-8-10-28-34(38-29-16-23(44-5)13-14-27(29)37-28)45-31-18-39(35(26)42)30(19-40)25(31)20-43-4;1-35(2,3)25-16-32(40)44-30-14-20-13-23(20)22(30)9-7-6-8-10-27-33(37-28-15-21(43-5)11-12-26(28)36-27)45-31-17-38(34(25)41)29(18-39)24(31)19-42-4;1-6-33(34)27(19-38)37-18-28(33)43-30-24(35-23-14-13-21(41-5)16-25(23)36-30)12-10-8-7-9-11-20-15-26(20)42-29(39)17-22(31(37)40)32(2,3)4;;;/h13-14,16,21-22,24-26,30-31,33H,6-12,15,17-18,20H2,1-5H3;11-12,15,20,22-25,29-31H,6-10,13-14,16-17,19H2,1-5H3;13-14,16,20,22,26-28H,6-12,15,17-18H2,1-5H3;;;/q3*-1;;;/t21-,22+,24-,25+,26-,30-,31+,33-;20?,22-,23?,24+,25-,29-,30-,31+;20-,22-,26-,27-,28+,33-;;;/m111.../s1. The fraction of sp³-hybridized carbons (Fsp3) is 0.683. The van der Waals surface area contributed by atoms with Gasteiger partial charge >= 0.3 is 17.9 Å². The zero-order chi connectivity index (χ0) is 95.4. The number of fused-ring (bicyclic) bond motifs is 21. The molecule has 22 atom stereocenters. The second kappa shape index (κ2) is 46.3. The zero-order valence-corrected chi connectivity index (χ0v) is 86.3. The number of aryl methyl sites for hydroxylation is 3. The predicted octanol–water partition coefficient (Wildman–Crippen LogP) is 15.1. The monoisotopic (exact) mass is 2000 g/mol. The summed E-state index contributed by atoms with van der Waals surface area (Å²) in [4.78, 5) is 154. The van der Waals surface area contributed by atoms with Crippen LogP contribution in [0.5, 0.6) is 34.9 Å². The van der Waals surface area contributed by atoms with Crippen molar-refractivity contribution in [3.05, 3.63) is 71.7 Å². The first-order chi connectivity index (χ1) is 64.2. The Hall–Kier alpha value is -8.09. The molecule has 5 aliphatic carbocycles. The molecule has 11 aliphatic rings. The molecular weight excluding hydrogens is 1870 g/mol. The van der Waals surface area contributed by atoms with E-state index in [2.05, 4.69) is 12.6 Å². The summed E-state index contributed by atoms with van der Waals surface area (Å²) in [7, 11) is 7.91. The maximum atomic E-state index is 16.9. The van der Waals surface area contributed by atoms with Crippen LogP contribution in [0.15, 0.2) is 54.6 Å². The smallest absolute Gasteiger partial charge is 0.306 e. The second-order valence-corrected chi connectivity index (χ2v) is 42.6. The molecule has 0 N–H and O–H groups in total. The number of esters is 3. The van der Waals surface area contributed by atoms with Gasteiger partial charge in [0.15, 0.2) is 6.10 Å². The van der Waals surface area contributed by atoms with E-state index >= 15 is 4.39 Å². The van der Waals surface area contributed by atoms with Crippen LogP contribution in [0.25, 0.3) is 33.1 Å². The zero-order valence-electron chi connectivity index (χ0n) is 82.2. The number of halogens is 1. The minimum absolute atomic E-state index is 0. The summed E-state index contributed by atoms with van der Waals surface area (Å²) in [5, 5.41) is 0. The van der Waals surface area contributed by atoms with E-state index in [0.29, 0.717) is 117 Å². The van der Waals surface area contributed by atoms with Gasteiger partial charge in [0.1, 0.15) is 70.5 Å². The van der Waals surface area contributed by atoms with Gasteiger partial charge in [-0.25, -0.2) is 53.2 Å². The van der Waals surface area contributed by atoms with Crippen molar-refractivity contribution in [2.75, 3.05) is 68.4 Å². The molecule has 29 nitrogen and oxygen atoms in total. The SMILES string of the molecule is CC[C@]1(F)[C@@H]2CN(C(=O)[C@H](C(C)(C)C)CC(=O)O[C@@H]3C[C@H]3CCCCCCc3nc4ccc(OC)cc4nc3O2)[C@@H]1[C-]=O.COC[C@@H]1[C@@H]2CN(C(=O)[C@H](C(C)(C)C)CC(=O)O[C@@H]3CC4CC4[C@H]3CCCCCc3nc4ccc(OC)cc4nc3O2)[C@@H]1[C-]=O.COC[C@@H]1[C@@H]2CN(C(=O)[C@H](C(C)(C)C)CC(=O)O[C@@H]3[C@H]4CC[C@H](C4)[C@H]3CCCCCc3nc4ccc(OC)cc4nc3O2)[C@@H]1[C-]=O.[V].[V].[V]. The van der Waals surface area contributed by atoms with Gasteiger partial charge in [-0.3, -0.25) is 28.8 Å². The van der Waals surface area contributed by atoms with Crippen molar-refractivity contribution < 1.29 is 155 Å². The number of amides is 3. The number of alkyl halides is 1. The Morgan fingerprint density at radius 3 is 1.23 bits per heavy atom. The molecule has 3 saturated heterocycles. The van der Waals surface area contributed by atoms with Gasteiger partial charge in [0.05, 0.1) is 124 Å². The fourth-order valence-corrected chi connectivity index (χ4v) is 22.8. The quantitative estimate of drug-likeness (QED) is 0.0660. The third-order valence-corrected chi connectivity index (χ3v) is 30.8. The number of methoxy groups -OCH3 is 5. The minimum Gasteiger partial charge on any atom is -0.540 e. The number of rotatable bonds is 11. The molecule has 3 amide bonds. The molecule has 743 valence electrons. The van der Waals surface area contributed by atoms with Gasteiger partial charge in [-0.05, 0) is 203 Å². The Kier molecular flexibility index (Phi) is 36.4. The van der Waals surface area contributed by atoms with Crippen molar-refractivity contribution in [1.29, 1.82) is 0 Å². The number of carbonyl (C=O) groups excluding carboxylic acids is 9. The summed E-state index contributed by atoms with van der Waals surface area (Å²) < 4.78 is 81.8. The molecule has 2 unspecified atom stereocenters. The molecule has 33 heteroatoms. The van der Waals surface area contributed by atoms with Crippen LogP contribution in [0.4, 0.5) is 4.39 Å². The van der Waals surface area contributed by atoms with E-state index in [1.165, 1.54) is 27.5 Å². The van der Waals surface area contributed by atoms with Gasteiger partial charge in [-0.1, -0.05) is 126 Å². The van der Waals surface area contributed by atoms with Crippen molar-refractivity contribution in [2.45, 2.75) is 297 Å². The van der Waals surface area contributed by atoms with Crippen molar-refractivity contribution in [1.82, 2.24) is 44.6 Å². The van der Waals surface area contributed by atoms with E-state index in [0.717, 1.165) is 132 Å². The van der Waals surface area contributed by atoms with E-state index < -0.39 is 99.8 Å². The number of hydrogen-bond acceptors (Lipinski definition) is 26. The molecule has 6 aromatic rings. The molecule has 3 radical (unpaired) electrons. The van der Waals surface area contributed by atoms with Gasteiger partial charge in [-0.15, -0.1) is 0 Å². The van der Waals surface area contributed by atoms with Crippen LogP contribution in [0, 0.1) is 87.3 Å². The average Bonchev–Trinajstić information content (AvgIpc) is 1.59. The van der Waals surface area contributed by atoms with E-state index in [-0.39, 0.29) is 162 Å². The van der Waals surface area contributed by atoms with Crippen molar-refractivity contribution in [2.24, 2.45) is 87.3 Å². The van der Waals surface area contributed by atoms with Gasteiger partial charge < -0.3 is 81.2 Å². The fourth-order valence-electron chi connectivity index (χ4n) is 22.8. The number of nitrogens with zero attached hydrogens (tertiary/aromatic N) is 9. The molecule has 8 fully saturated rings. The molecule has 6 aliphatic heterocycles. The average molecular weight is 2010 g/mol. The van der Waals surface area contributed by atoms with Crippen molar-refractivity contribution in [3.63, 3.8) is 0 Å². The molecule has 3 aromatic heterocycles. The number of ether oxygens (including phenoxy) is 11. The number of carbonyl (C=O) groups is 6. The summed E-state index contributed by atoms with van der Waals surface area (Å²) in [6, 6.07) is 13.3. The Morgan fingerprint density at radius 1 is 0.401 bits per heavy atom. The summed E-state index contributed by atoms with van der Waals surface area (Å²) in [5.74, 6) is 1.02. The normalized spacial score (nSPS) is 31.1. The number of aromatic nitrogens is 6. The third kappa shape index (κ3) is 24.5. The van der Waals surface area contributed by atoms with E-state index in [4.69, 9.17) is 82.0 Å². The summed E-state index contributed by atoms with van der Waals surface area (Å²) in [5.41, 5.74) is 2.14. The van der Waals surface area contributed by atoms with Crippen LogP contribution in [-0.2, 0) is 142 Å². The molecule has 5 saturated carbocycles. The Balaban J connectivity index is 0.000000183. The maximum Gasteiger partial charge on any atom is 0.306 e. The van der Waals surface area contributed by atoms with Crippen LogP contribution >= 0.6 is 0 Å². The first-order valence-electron chi connectivity index (χ1n) is 49.0. The van der Waals surface area contributed by atoms with Gasteiger partial charge in [0.2, 0.25) is 35.4 Å². The minimum atomic E-state index is -2.22. The molecule has 17 rings (SSSR count). The van der Waals surface area contributed by atoms with Crippen LogP contribution in [0.3, 0.4) is 0 Å². The van der Waals surface area contributed by atoms with Crippen LogP contribution < -0.4 is 28.4 Å². The van der Waals surface area contributed by atoms with Crippen LogP contribution in [-0.4, -0.2) is 228 Å². The Morgan fingerprint density at radius 2 is 0.803 bits per heavy atom. The van der Waals surface area contributed by atoms with Crippen molar-refractivity contribution >= 4 is 87.6 Å². The molecule has 9 heterocycles. The van der Waals surface area contributed by atoms with Crippen molar-refractivity contribution in [3.8, 4) is 34.9 Å². The predicted molar refractivity (Wildman–Crippen MR) is 496 cm³/mol. The summed E-state index contributed by atoms with van der Waals surface area (Å²) in [6.45, 7) is 19.4. The molecule has 8 bridgehead atoms. The molecule has 3 aromatic carbocycles. The molecule has 137 heavy (non-hydrogen) atoms. The largest absolute Gasteiger partial charge is 0.540 e. The van der Waals surface area contributed by atoms with Crippen LogP contribution in [0.1, 0.15) is 234 Å². The van der Waals surface area contributed by atoms with E-state index in [1.54, 1.807) is 54.8 Å². The summed E-state index contributed by atoms with van der Waals surface area (Å²) >= 11 is 0. The van der Waals surface area contributed by atoms with Crippen LogP contribution in [0.2, 0.25) is 0 Å². The van der Waals surface area contributed by atoms with Gasteiger partial charge in [-0.2, -0.15) is 0 Å². The Bertz CT molecular complexity index is 5250. The Labute approximate surface area is 840 Å². The van der Waals surface area contributed by atoms with Gasteiger partial charge in [0.25, 0.3) is 0 Å². The third-order valence-electron chi connectivity index (χ3n) is 30.8. The first-order valence-corrected chi connectivity index (χ1v) is 49.0. The molecule has 0 spiro atoms. The number of hydrogen-bond donors (Lipinski definition) is 0. The van der Waals surface area contributed by atoms with E-state index in [9.17, 15) is 43.2 Å².